The molecule has 214 valence electrons. The summed E-state index contributed by atoms with van der Waals surface area (Å²) in [4.78, 5) is 28.8. The van der Waals surface area contributed by atoms with Gasteiger partial charge in [-0.25, -0.2) is 8.42 Å². The van der Waals surface area contributed by atoms with Gasteiger partial charge in [-0.1, -0.05) is 62.1 Å². The molecule has 1 fully saturated rings. The molecule has 1 saturated carbocycles. The molecule has 1 atom stereocenters. The standard InChI is InChI=1S/C31H45N3O4S/c1-6-29(31(36)32-27-14-8-7-9-15-27)33(22-26-13-10-12-23(2)19-26)30(35)16-11-17-34(39(5,37)38)28-20-24(3)18-25(4)21-28/h10,12-13,18-21,27,29H,6-9,11,14-17,22H2,1-5H3,(H,32,36). The van der Waals surface area contributed by atoms with E-state index in [2.05, 4.69) is 5.32 Å². The first kappa shape index (κ1) is 30.7. The zero-order chi connectivity index (χ0) is 28.6. The molecule has 7 nitrogen and oxygen atoms in total. The third-order valence-corrected chi connectivity index (χ3v) is 8.61. The molecule has 2 aromatic rings. The van der Waals surface area contributed by atoms with E-state index in [4.69, 9.17) is 0 Å². The van der Waals surface area contributed by atoms with Crippen LogP contribution in [0.1, 0.15) is 80.5 Å². The minimum absolute atomic E-state index is 0.0987. The van der Waals surface area contributed by atoms with Gasteiger partial charge in [0.05, 0.1) is 11.9 Å². The Kier molecular flexibility index (Phi) is 11.0. The van der Waals surface area contributed by atoms with Crippen LogP contribution in [0.25, 0.3) is 0 Å². The van der Waals surface area contributed by atoms with E-state index in [1.807, 2.05) is 70.2 Å². The molecule has 1 aliphatic rings. The van der Waals surface area contributed by atoms with E-state index in [0.29, 0.717) is 25.1 Å². The summed E-state index contributed by atoms with van der Waals surface area (Å²) in [5.74, 6) is -0.241. The minimum Gasteiger partial charge on any atom is -0.352 e. The molecule has 0 radical (unpaired) electrons. The number of rotatable bonds is 12. The number of carbonyl (C=O) groups excluding carboxylic acids is 2. The highest BCUT2D eigenvalue weighted by Gasteiger charge is 2.30. The Morgan fingerprint density at radius 3 is 2.23 bits per heavy atom. The Balaban J connectivity index is 1.77. The third kappa shape index (κ3) is 9.09. The highest BCUT2D eigenvalue weighted by molar-refractivity contribution is 7.92. The third-order valence-electron chi connectivity index (χ3n) is 7.42. The van der Waals surface area contributed by atoms with Crippen molar-refractivity contribution in [3.63, 3.8) is 0 Å². The van der Waals surface area contributed by atoms with E-state index in [9.17, 15) is 18.0 Å². The molecule has 3 rings (SSSR count). The molecule has 8 heteroatoms. The number of anilines is 1. The lowest BCUT2D eigenvalue weighted by Crippen LogP contribution is -2.51. The van der Waals surface area contributed by atoms with Crippen molar-refractivity contribution >= 4 is 27.5 Å². The zero-order valence-corrected chi connectivity index (χ0v) is 25.0. The molecule has 2 aromatic carbocycles. The number of hydrogen-bond donors (Lipinski definition) is 1. The fraction of sp³-hybridized carbons (Fsp3) is 0.548. The first-order valence-corrected chi connectivity index (χ1v) is 16.0. The molecule has 39 heavy (non-hydrogen) atoms. The Bertz CT molecular complexity index is 1220. The van der Waals surface area contributed by atoms with Crippen LogP contribution in [0.5, 0.6) is 0 Å². The predicted octanol–water partition coefficient (Wildman–Crippen LogP) is 5.41. The number of carbonyl (C=O) groups is 2. The largest absolute Gasteiger partial charge is 0.352 e. The van der Waals surface area contributed by atoms with Crippen LogP contribution in [-0.2, 0) is 26.2 Å². The Hall–Kier alpha value is -2.87. The van der Waals surface area contributed by atoms with Gasteiger partial charge in [0.15, 0.2) is 0 Å². The number of amides is 2. The van der Waals surface area contributed by atoms with Crippen molar-refractivity contribution in [1.29, 1.82) is 0 Å². The average Bonchev–Trinajstić information content (AvgIpc) is 2.85. The van der Waals surface area contributed by atoms with Crippen molar-refractivity contribution in [3.05, 3.63) is 64.7 Å². The highest BCUT2D eigenvalue weighted by atomic mass is 32.2. The molecule has 1 unspecified atom stereocenters. The van der Waals surface area contributed by atoms with Crippen molar-refractivity contribution in [1.82, 2.24) is 10.2 Å². The van der Waals surface area contributed by atoms with Gasteiger partial charge in [0, 0.05) is 25.6 Å². The van der Waals surface area contributed by atoms with Crippen LogP contribution in [0.2, 0.25) is 0 Å². The molecule has 0 aliphatic heterocycles. The molecule has 2 amide bonds. The quantitative estimate of drug-likeness (QED) is 0.379. The first-order valence-electron chi connectivity index (χ1n) is 14.2. The zero-order valence-electron chi connectivity index (χ0n) is 24.2. The Morgan fingerprint density at radius 1 is 0.974 bits per heavy atom. The van der Waals surface area contributed by atoms with Crippen molar-refractivity contribution in [2.75, 3.05) is 17.1 Å². The van der Waals surface area contributed by atoms with Gasteiger partial charge in [-0.05, 0) is 75.3 Å². The summed E-state index contributed by atoms with van der Waals surface area (Å²) < 4.78 is 26.7. The molecule has 1 N–H and O–H groups in total. The van der Waals surface area contributed by atoms with E-state index in [0.717, 1.165) is 47.9 Å². The predicted molar refractivity (Wildman–Crippen MR) is 158 cm³/mol. The van der Waals surface area contributed by atoms with Gasteiger partial charge in [-0.15, -0.1) is 0 Å². The summed E-state index contributed by atoms with van der Waals surface area (Å²) in [5, 5.41) is 3.21. The van der Waals surface area contributed by atoms with E-state index < -0.39 is 16.1 Å². The van der Waals surface area contributed by atoms with Crippen LogP contribution in [-0.4, -0.2) is 50.0 Å². The van der Waals surface area contributed by atoms with Crippen LogP contribution in [0, 0.1) is 20.8 Å². The average molecular weight is 556 g/mol. The number of aryl methyl sites for hydroxylation is 3. The topological polar surface area (TPSA) is 86.8 Å². The van der Waals surface area contributed by atoms with Crippen LogP contribution in [0.4, 0.5) is 5.69 Å². The molecule has 0 bridgehead atoms. The Morgan fingerprint density at radius 2 is 1.64 bits per heavy atom. The van der Waals surface area contributed by atoms with Gasteiger partial charge in [0.2, 0.25) is 21.8 Å². The minimum atomic E-state index is -3.53. The van der Waals surface area contributed by atoms with Gasteiger partial charge < -0.3 is 10.2 Å². The van der Waals surface area contributed by atoms with Gasteiger partial charge in [-0.3, -0.25) is 13.9 Å². The number of hydrogen-bond acceptors (Lipinski definition) is 4. The lowest BCUT2D eigenvalue weighted by molar-refractivity contribution is -0.141. The summed E-state index contributed by atoms with van der Waals surface area (Å²) in [5.41, 5.74) is 4.64. The van der Waals surface area contributed by atoms with Gasteiger partial charge >= 0.3 is 0 Å². The maximum absolute atomic E-state index is 13.7. The van der Waals surface area contributed by atoms with E-state index >= 15 is 0 Å². The van der Waals surface area contributed by atoms with Crippen LogP contribution < -0.4 is 9.62 Å². The van der Waals surface area contributed by atoms with Crippen molar-refractivity contribution in [3.8, 4) is 0 Å². The normalized spacial score (nSPS) is 15.0. The lowest BCUT2D eigenvalue weighted by atomic mass is 9.95. The Labute approximate surface area is 235 Å². The van der Waals surface area contributed by atoms with Crippen LogP contribution >= 0.6 is 0 Å². The first-order chi connectivity index (χ1) is 18.5. The van der Waals surface area contributed by atoms with Crippen LogP contribution in [0.3, 0.4) is 0 Å². The number of benzene rings is 2. The maximum atomic E-state index is 13.7. The van der Waals surface area contributed by atoms with Crippen molar-refractivity contribution in [2.45, 2.75) is 97.7 Å². The number of nitrogens with zero attached hydrogens (tertiary/aromatic N) is 2. The number of nitrogens with one attached hydrogen (secondary N) is 1. The fourth-order valence-corrected chi connectivity index (χ4v) is 6.52. The molecule has 1 aliphatic carbocycles. The molecule has 0 aromatic heterocycles. The van der Waals surface area contributed by atoms with Gasteiger partial charge in [0.25, 0.3) is 0 Å². The smallest absolute Gasteiger partial charge is 0.243 e. The summed E-state index contributed by atoms with van der Waals surface area (Å²) in [6, 6.07) is 13.3. The molecular formula is C31H45N3O4S. The van der Waals surface area contributed by atoms with Gasteiger partial charge in [0.1, 0.15) is 6.04 Å². The summed E-state index contributed by atoms with van der Waals surface area (Å²) in [6.45, 7) is 8.35. The van der Waals surface area contributed by atoms with Gasteiger partial charge in [-0.2, -0.15) is 0 Å². The molecule has 0 saturated heterocycles. The van der Waals surface area contributed by atoms with E-state index in [-0.39, 0.29) is 30.8 Å². The second-order valence-corrected chi connectivity index (χ2v) is 13.0. The second-order valence-electron chi connectivity index (χ2n) is 11.1. The van der Waals surface area contributed by atoms with E-state index in [1.165, 1.54) is 17.0 Å². The van der Waals surface area contributed by atoms with E-state index in [1.54, 1.807) is 4.90 Å². The van der Waals surface area contributed by atoms with Crippen molar-refractivity contribution in [2.24, 2.45) is 0 Å². The summed E-state index contributed by atoms with van der Waals surface area (Å²) in [7, 11) is -3.53. The highest BCUT2D eigenvalue weighted by Crippen LogP contribution is 2.23. The molecular weight excluding hydrogens is 510 g/mol. The molecule has 0 heterocycles. The lowest BCUT2D eigenvalue weighted by Gasteiger charge is -2.33. The number of sulfonamides is 1. The monoisotopic (exact) mass is 555 g/mol. The second kappa shape index (κ2) is 14.0. The SMILES string of the molecule is CCC(C(=O)NC1CCCCC1)N(Cc1cccc(C)c1)C(=O)CCCN(c1cc(C)cc(C)c1)S(C)(=O)=O. The van der Waals surface area contributed by atoms with Crippen molar-refractivity contribution < 1.29 is 18.0 Å². The fourth-order valence-electron chi connectivity index (χ4n) is 5.57. The summed E-state index contributed by atoms with van der Waals surface area (Å²) in [6.07, 6.45) is 7.60. The maximum Gasteiger partial charge on any atom is 0.243 e. The van der Waals surface area contributed by atoms with Crippen LogP contribution in [0.15, 0.2) is 42.5 Å². The summed E-state index contributed by atoms with van der Waals surface area (Å²) >= 11 is 0. The molecule has 0 spiro atoms.